The lowest BCUT2D eigenvalue weighted by Gasteiger charge is -2.18. The molecule has 0 aliphatic rings. The van der Waals surface area contributed by atoms with Gasteiger partial charge in [0.15, 0.2) is 6.10 Å². The first kappa shape index (κ1) is 17.8. The lowest BCUT2D eigenvalue weighted by atomic mass is 9.97. The maximum absolute atomic E-state index is 12.4. The number of anilines is 1. The number of rotatable bonds is 6. The van der Waals surface area contributed by atoms with E-state index in [0.717, 1.165) is 17.7 Å². The van der Waals surface area contributed by atoms with Crippen molar-refractivity contribution in [3.8, 4) is 0 Å². The Kier molecular flexibility index (Phi) is 5.79. The topological polar surface area (TPSA) is 60.3 Å². The Balaban J connectivity index is 2.05. The first-order chi connectivity index (χ1) is 11.4. The van der Waals surface area contributed by atoms with Gasteiger partial charge in [0, 0.05) is 18.9 Å². The molecule has 1 heterocycles. The summed E-state index contributed by atoms with van der Waals surface area (Å²) < 4.78 is 6.92. The van der Waals surface area contributed by atoms with E-state index < -0.39 is 12.1 Å². The molecule has 24 heavy (non-hydrogen) atoms. The standard InChI is InChI=1S/C19H24N2O3/c1-5-13(2)15-9-6-7-10-16(15)20-18(22)14(3)24-19(23)17-11-8-12-21(17)4/h6-14H,5H2,1-4H3,(H,20,22)/t13-,14-/m1/s1. The smallest absolute Gasteiger partial charge is 0.355 e. The van der Waals surface area contributed by atoms with Gasteiger partial charge in [0.05, 0.1) is 0 Å². The van der Waals surface area contributed by atoms with Crippen molar-refractivity contribution in [1.82, 2.24) is 4.57 Å². The second-order valence-electron chi connectivity index (χ2n) is 5.94. The van der Waals surface area contributed by atoms with Gasteiger partial charge >= 0.3 is 5.97 Å². The number of aromatic nitrogens is 1. The number of hydrogen-bond donors (Lipinski definition) is 1. The molecule has 2 aromatic rings. The molecule has 0 saturated carbocycles. The van der Waals surface area contributed by atoms with Gasteiger partial charge in [-0.15, -0.1) is 0 Å². The largest absolute Gasteiger partial charge is 0.448 e. The molecule has 2 rings (SSSR count). The van der Waals surface area contributed by atoms with Crippen molar-refractivity contribution >= 4 is 17.6 Å². The van der Waals surface area contributed by atoms with Crippen molar-refractivity contribution in [3.05, 3.63) is 53.9 Å². The maximum Gasteiger partial charge on any atom is 0.355 e. The van der Waals surface area contributed by atoms with Crippen molar-refractivity contribution in [1.29, 1.82) is 0 Å². The Bertz CT molecular complexity index is 721. The summed E-state index contributed by atoms with van der Waals surface area (Å²) in [5.74, 6) is -0.517. The molecule has 1 aromatic carbocycles. The average molecular weight is 328 g/mol. The van der Waals surface area contributed by atoms with Crippen LogP contribution in [0.3, 0.4) is 0 Å². The molecule has 0 unspecified atom stereocenters. The number of nitrogens with zero attached hydrogens (tertiary/aromatic N) is 1. The van der Waals surface area contributed by atoms with Gasteiger partial charge in [-0.05, 0) is 43.0 Å². The van der Waals surface area contributed by atoms with Crippen molar-refractivity contribution in [2.45, 2.75) is 39.2 Å². The van der Waals surface area contributed by atoms with Crippen molar-refractivity contribution in [2.24, 2.45) is 7.05 Å². The first-order valence-corrected chi connectivity index (χ1v) is 8.16. The highest BCUT2D eigenvalue weighted by molar-refractivity contribution is 5.97. The number of aryl methyl sites for hydroxylation is 1. The Morgan fingerprint density at radius 1 is 1.17 bits per heavy atom. The Hall–Kier alpha value is -2.56. The van der Waals surface area contributed by atoms with Crippen LogP contribution in [0.5, 0.6) is 0 Å². The fraction of sp³-hybridized carbons (Fsp3) is 0.368. The van der Waals surface area contributed by atoms with E-state index in [1.807, 2.05) is 24.3 Å². The van der Waals surface area contributed by atoms with Crippen molar-refractivity contribution < 1.29 is 14.3 Å². The number of carbonyl (C=O) groups excluding carboxylic acids is 2. The van der Waals surface area contributed by atoms with E-state index >= 15 is 0 Å². The molecule has 0 radical (unpaired) electrons. The highest BCUT2D eigenvalue weighted by Gasteiger charge is 2.21. The zero-order valence-electron chi connectivity index (χ0n) is 14.6. The summed E-state index contributed by atoms with van der Waals surface area (Å²) in [5, 5.41) is 2.87. The van der Waals surface area contributed by atoms with Crippen LogP contribution in [-0.4, -0.2) is 22.5 Å². The summed E-state index contributed by atoms with van der Waals surface area (Å²) in [5.41, 5.74) is 2.25. The summed E-state index contributed by atoms with van der Waals surface area (Å²) >= 11 is 0. The van der Waals surface area contributed by atoms with Crippen LogP contribution in [-0.2, 0) is 16.6 Å². The average Bonchev–Trinajstić information content (AvgIpc) is 3.00. The quantitative estimate of drug-likeness (QED) is 0.822. The number of nitrogens with one attached hydrogen (secondary N) is 1. The highest BCUT2D eigenvalue weighted by atomic mass is 16.5. The molecule has 0 fully saturated rings. The van der Waals surface area contributed by atoms with Gasteiger partial charge in [0.1, 0.15) is 5.69 Å². The molecule has 5 nitrogen and oxygen atoms in total. The van der Waals surface area contributed by atoms with Crippen LogP contribution in [0.25, 0.3) is 0 Å². The lowest BCUT2D eigenvalue weighted by molar-refractivity contribution is -0.123. The normalized spacial score (nSPS) is 13.2. The molecule has 1 N–H and O–H groups in total. The second-order valence-corrected chi connectivity index (χ2v) is 5.94. The van der Waals surface area contributed by atoms with E-state index in [-0.39, 0.29) is 5.91 Å². The molecule has 0 spiro atoms. The van der Waals surface area contributed by atoms with Crippen LogP contribution in [0.4, 0.5) is 5.69 Å². The second kappa shape index (κ2) is 7.81. The van der Waals surface area contributed by atoms with E-state index in [0.29, 0.717) is 11.6 Å². The van der Waals surface area contributed by atoms with E-state index in [1.54, 1.807) is 36.9 Å². The zero-order chi connectivity index (χ0) is 17.7. The fourth-order valence-corrected chi connectivity index (χ4v) is 2.44. The van der Waals surface area contributed by atoms with Crippen LogP contribution < -0.4 is 5.32 Å². The number of esters is 1. The van der Waals surface area contributed by atoms with E-state index in [4.69, 9.17) is 4.74 Å². The monoisotopic (exact) mass is 328 g/mol. The number of hydrogen-bond acceptors (Lipinski definition) is 3. The van der Waals surface area contributed by atoms with Crippen molar-refractivity contribution in [2.75, 3.05) is 5.32 Å². The summed E-state index contributed by atoms with van der Waals surface area (Å²) in [6.45, 7) is 5.79. The number of ether oxygens (including phenoxy) is 1. The highest BCUT2D eigenvalue weighted by Crippen LogP contribution is 2.26. The fourth-order valence-electron chi connectivity index (χ4n) is 2.44. The summed E-state index contributed by atoms with van der Waals surface area (Å²) in [6.07, 6.45) is 1.85. The molecule has 0 aliphatic heterocycles. The molecular weight excluding hydrogens is 304 g/mol. The zero-order valence-corrected chi connectivity index (χ0v) is 14.6. The van der Waals surface area contributed by atoms with Crippen LogP contribution >= 0.6 is 0 Å². The molecule has 0 bridgehead atoms. The molecule has 1 amide bonds. The van der Waals surface area contributed by atoms with Gasteiger partial charge in [0.2, 0.25) is 0 Å². The first-order valence-electron chi connectivity index (χ1n) is 8.16. The number of amides is 1. The lowest BCUT2D eigenvalue weighted by Crippen LogP contribution is -2.30. The van der Waals surface area contributed by atoms with E-state index in [2.05, 4.69) is 19.2 Å². The number of para-hydroxylation sites is 1. The van der Waals surface area contributed by atoms with Gasteiger partial charge in [-0.3, -0.25) is 4.79 Å². The third-order valence-electron chi connectivity index (χ3n) is 4.17. The Morgan fingerprint density at radius 2 is 1.88 bits per heavy atom. The molecule has 0 aliphatic carbocycles. The predicted molar refractivity (Wildman–Crippen MR) is 94.1 cm³/mol. The summed E-state index contributed by atoms with van der Waals surface area (Å²) in [7, 11) is 1.75. The Morgan fingerprint density at radius 3 is 2.50 bits per heavy atom. The van der Waals surface area contributed by atoms with E-state index in [9.17, 15) is 9.59 Å². The van der Waals surface area contributed by atoms with E-state index in [1.165, 1.54) is 0 Å². The number of carbonyl (C=O) groups is 2. The molecule has 2 atom stereocenters. The van der Waals surface area contributed by atoms with Crippen LogP contribution in [0.1, 0.15) is 49.2 Å². The van der Waals surface area contributed by atoms with Gasteiger partial charge in [-0.1, -0.05) is 32.0 Å². The minimum Gasteiger partial charge on any atom is -0.448 e. The minimum absolute atomic E-state index is 0.336. The molecule has 5 heteroatoms. The Labute approximate surface area is 142 Å². The molecule has 1 aromatic heterocycles. The number of benzene rings is 1. The third-order valence-corrected chi connectivity index (χ3v) is 4.17. The van der Waals surface area contributed by atoms with Crippen LogP contribution in [0.2, 0.25) is 0 Å². The maximum atomic E-state index is 12.4. The molecular formula is C19H24N2O3. The van der Waals surface area contributed by atoms with Crippen LogP contribution in [0.15, 0.2) is 42.6 Å². The van der Waals surface area contributed by atoms with Gasteiger partial charge < -0.3 is 14.6 Å². The minimum atomic E-state index is -0.877. The third kappa shape index (κ3) is 4.04. The predicted octanol–water partition coefficient (Wildman–Crippen LogP) is 3.72. The SMILES string of the molecule is CC[C@@H](C)c1ccccc1NC(=O)[C@@H](C)OC(=O)c1cccn1C. The van der Waals surface area contributed by atoms with Gasteiger partial charge in [0.25, 0.3) is 5.91 Å². The molecule has 0 saturated heterocycles. The van der Waals surface area contributed by atoms with Crippen LogP contribution in [0, 0.1) is 0 Å². The summed E-state index contributed by atoms with van der Waals surface area (Å²) in [6, 6.07) is 11.1. The van der Waals surface area contributed by atoms with Gasteiger partial charge in [-0.2, -0.15) is 0 Å². The summed E-state index contributed by atoms with van der Waals surface area (Å²) in [4.78, 5) is 24.5. The molecule has 128 valence electrons. The van der Waals surface area contributed by atoms with Gasteiger partial charge in [-0.25, -0.2) is 4.79 Å². The van der Waals surface area contributed by atoms with Crippen molar-refractivity contribution in [3.63, 3.8) is 0 Å².